The summed E-state index contributed by atoms with van der Waals surface area (Å²) in [5, 5.41) is 12.1. The number of sulfonamides is 1. The molecule has 2 N–H and O–H groups in total. The molecule has 31 heavy (non-hydrogen) atoms. The second-order valence-electron chi connectivity index (χ2n) is 6.77. The van der Waals surface area contributed by atoms with Crippen molar-refractivity contribution in [3.05, 3.63) is 66.0 Å². The fourth-order valence-electron chi connectivity index (χ4n) is 3.02. The number of rotatable bonds is 8. The average Bonchev–Trinajstić information content (AvgIpc) is 2.75. The van der Waals surface area contributed by atoms with Crippen molar-refractivity contribution in [2.24, 2.45) is 0 Å². The van der Waals surface area contributed by atoms with Crippen LogP contribution in [0.4, 0.5) is 23.0 Å². The number of aryl methyl sites for hydroxylation is 1. The largest absolute Gasteiger partial charge is 0.357 e. The zero-order valence-electron chi connectivity index (χ0n) is 17.6. The maximum Gasteiger partial charge on any atom is 0.261 e. The minimum absolute atomic E-state index is 0.0918. The summed E-state index contributed by atoms with van der Waals surface area (Å²) in [6.07, 6.45) is 0. The molecule has 0 bridgehead atoms. The number of nitriles is 1. The summed E-state index contributed by atoms with van der Waals surface area (Å²) in [6.45, 7) is 7.69. The minimum atomic E-state index is -3.74. The molecule has 0 unspecified atom stereocenters. The Morgan fingerprint density at radius 1 is 0.968 bits per heavy atom. The van der Waals surface area contributed by atoms with Crippen molar-refractivity contribution in [3.8, 4) is 6.07 Å². The lowest BCUT2D eigenvalue weighted by Crippen LogP contribution is -2.23. The molecule has 0 radical (unpaired) electrons. The Hall–Kier alpha value is -3.64. The minimum Gasteiger partial charge on any atom is -0.357 e. The van der Waals surface area contributed by atoms with E-state index in [4.69, 9.17) is 5.26 Å². The van der Waals surface area contributed by atoms with Crippen LogP contribution in [0.2, 0.25) is 0 Å². The van der Waals surface area contributed by atoms with Crippen LogP contribution in [0.25, 0.3) is 0 Å². The third kappa shape index (κ3) is 5.49. The van der Waals surface area contributed by atoms with Crippen LogP contribution in [0.15, 0.2) is 59.5 Å². The quantitative estimate of drug-likeness (QED) is 0.548. The standard InChI is InChI=1S/C22H24N6O2S/c1-4-28(5-2)22-14-21(24-16(3)25-22)26-18-8-10-19(11-9-18)27-31(29,30)20-12-6-17(15-23)7-13-20/h6-14,27H,4-5H2,1-3H3,(H,24,25,26). The van der Waals surface area contributed by atoms with E-state index in [-0.39, 0.29) is 4.90 Å². The monoisotopic (exact) mass is 436 g/mol. The molecular formula is C22H24N6O2S. The second-order valence-corrected chi connectivity index (χ2v) is 8.46. The van der Waals surface area contributed by atoms with Crippen molar-refractivity contribution in [1.29, 1.82) is 5.26 Å². The van der Waals surface area contributed by atoms with E-state index in [0.717, 1.165) is 24.6 Å². The van der Waals surface area contributed by atoms with Gasteiger partial charge >= 0.3 is 0 Å². The van der Waals surface area contributed by atoms with Crippen molar-refractivity contribution < 1.29 is 8.42 Å². The van der Waals surface area contributed by atoms with E-state index in [0.29, 0.717) is 22.9 Å². The second kappa shape index (κ2) is 9.45. The first-order chi connectivity index (χ1) is 14.8. The van der Waals surface area contributed by atoms with Crippen LogP contribution in [-0.2, 0) is 10.0 Å². The van der Waals surface area contributed by atoms with Crippen LogP contribution in [0.3, 0.4) is 0 Å². The van der Waals surface area contributed by atoms with Crippen LogP contribution in [0, 0.1) is 18.3 Å². The van der Waals surface area contributed by atoms with E-state index in [1.807, 2.05) is 19.1 Å². The molecule has 3 aromatic rings. The SMILES string of the molecule is CCN(CC)c1cc(Nc2ccc(NS(=O)(=O)c3ccc(C#N)cc3)cc2)nc(C)n1. The number of hydrogen-bond acceptors (Lipinski definition) is 7. The first-order valence-electron chi connectivity index (χ1n) is 9.85. The van der Waals surface area contributed by atoms with Crippen molar-refractivity contribution in [3.63, 3.8) is 0 Å². The van der Waals surface area contributed by atoms with Crippen molar-refractivity contribution in [1.82, 2.24) is 9.97 Å². The molecule has 0 aliphatic rings. The predicted molar refractivity (Wildman–Crippen MR) is 122 cm³/mol. The number of aromatic nitrogens is 2. The first kappa shape index (κ1) is 22.1. The molecular weight excluding hydrogens is 412 g/mol. The molecule has 160 valence electrons. The zero-order valence-corrected chi connectivity index (χ0v) is 18.4. The lowest BCUT2D eigenvalue weighted by Gasteiger charge is -2.20. The summed E-state index contributed by atoms with van der Waals surface area (Å²) in [6, 6.07) is 16.5. The van der Waals surface area contributed by atoms with Gasteiger partial charge in [0.2, 0.25) is 0 Å². The van der Waals surface area contributed by atoms with Crippen molar-refractivity contribution in [2.75, 3.05) is 28.0 Å². The summed E-state index contributed by atoms with van der Waals surface area (Å²) in [5.41, 5.74) is 1.60. The Bertz CT molecular complexity index is 1180. The van der Waals surface area contributed by atoms with Gasteiger partial charge < -0.3 is 10.2 Å². The highest BCUT2D eigenvalue weighted by atomic mass is 32.2. The summed E-state index contributed by atoms with van der Waals surface area (Å²) < 4.78 is 27.6. The molecule has 0 fully saturated rings. The van der Waals surface area contributed by atoms with Gasteiger partial charge in [0, 0.05) is 30.5 Å². The molecule has 9 heteroatoms. The van der Waals surface area contributed by atoms with Crippen LogP contribution >= 0.6 is 0 Å². The smallest absolute Gasteiger partial charge is 0.261 e. The van der Waals surface area contributed by atoms with Crippen LogP contribution in [0.5, 0.6) is 0 Å². The van der Waals surface area contributed by atoms with Gasteiger partial charge in [0.15, 0.2) is 0 Å². The third-order valence-electron chi connectivity index (χ3n) is 4.62. The molecule has 0 amide bonds. The molecule has 0 saturated heterocycles. The van der Waals surface area contributed by atoms with Gasteiger partial charge in [0.1, 0.15) is 17.5 Å². The van der Waals surface area contributed by atoms with E-state index >= 15 is 0 Å². The average molecular weight is 437 g/mol. The maximum absolute atomic E-state index is 12.5. The van der Waals surface area contributed by atoms with E-state index < -0.39 is 10.0 Å². The van der Waals surface area contributed by atoms with Gasteiger partial charge in [-0.2, -0.15) is 5.26 Å². The third-order valence-corrected chi connectivity index (χ3v) is 6.01. The Balaban J connectivity index is 1.74. The fourth-order valence-corrected chi connectivity index (χ4v) is 4.08. The summed E-state index contributed by atoms with van der Waals surface area (Å²) >= 11 is 0. The van der Waals surface area contributed by atoms with Gasteiger partial charge in [-0.1, -0.05) is 0 Å². The van der Waals surface area contributed by atoms with Gasteiger partial charge in [-0.05, 0) is 69.3 Å². The maximum atomic E-state index is 12.5. The van der Waals surface area contributed by atoms with E-state index in [2.05, 4.69) is 38.8 Å². The zero-order chi connectivity index (χ0) is 22.4. The van der Waals surface area contributed by atoms with Crippen LogP contribution < -0.4 is 14.9 Å². The number of nitrogens with one attached hydrogen (secondary N) is 2. The van der Waals surface area contributed by atoms with Crippen LogP contribution in [-0.4, -0.2) is 31.5 Å². The fraction of sp³-hybridized carbons (Fsp3) is 0.227. The number of benzene rings is 2. The van der Waals surface area contributed by atoms with Gasteiger partial charge in [-0.25, -0.2) is 18.4 Å². The van der Waals surface area contributed by atoms with Crippen LogP contribution in [0.1, 0.15) is 25.2 Å². The molecule has 1 aromatic heterocycles. The van der Waals surface area contributed by atoms with Gasteiger partial charge in [0.05, 0.1) is 16.5 Å². The Labute approximate surface area is 182 Å². The molecule has 0 atom stereocenters. The normalized spacial score (nSPS) is 10.9. The van der Waals surface area contributed by atoms with Crippen molar-refractivity contribution >= 4 is 33.0 Å². The highest BCUT2D eigenvalue weighted by molar-refractivity contribution is 7.92. The highest BCUT2D eigenvalue weighted by Crippen LogP contribution is 2.23. The van der Waals surface area contributed by atoms with Crippen molar-refractivity contribution in [2.45, 2.75) is 25.7 Å². The predicted octanol–water partition coefficient (Wildman–Crippen LogP) is 4.05. The molecule has 8 nitrogen and oxygen atoms in total. The number of hydrogen-bond donors (Lipinski definition) is 2. The molecule has 0 saturated carbocycles. The lowest BCUT2D eigenvalue weighted by molar-refractivity contribution is 0.601. The molecule has 0 spiro atoms. The summed E-state index contributed by atoms with van der Waals surface area (Å²) in [4.78, 5) is 11.2. The summed E-state index contributed by atoms with van der Waals surface area (Å²) in [7, 11) is -3.74. The molecule has 0 aliphatic carbocycles. The number of nitrogens with zero attached hydrogens (tertiary/aromatic N) is 4. The first-order valence-corrected chi connectivity index (χ1v) is 11.3. The molecule has 1 heterocycles. The molecule has 3 rings (SSSR count). The number of anilines is 4. The Kier molecular flexibility index (Phi) is 6.72. The Morgan fingerprint density at radius 3 is 2.16 bits per heavy atom. The molecule has 2 aromatic carbocycles. The van der Waals surface area contributed by atoms with Gasteiger partial charge in [-0.3, -0.25) is 4.72 Å². The van der Waals surface area contributed by atoms with E-state index in [1.165, 1.54) is 24.3 Å². The lowest BCUT2D eigenvalue weighted by atomic mass is 10.2. The van der Waals surface area contributed by atoms with E-state index in [9.17, 15) is 8.42 Å². The van der Waals surface area contributed by atoms with Gasteiger partial charge in [-0.15, -0.1) is 0 Å². The van der Waals surface area contributed by atoms with Gasteiger partial charge in [0.25, 0.3) is 10.0 Å². The highest BCUT2D eigenvalue weighted by Gasteiger charge is 2.14. The Morgan fingerprint density at radius 2 is 1.58 bits per heavy atom. The van der Waals surface area contributed by atoms with E-state index in [1.54, 1.807) is 24.3 Å². The molecule has 0 aliphatic heterocycles. The topological polar surface area (TPSA) is 111 Å². The summed E-state index contributed by atoms with van der Waals surface area (Å²) in [5.74, 6) is 2.19.